The van der Waals surface area contributed by atoms with E-state index in [0.717, 1.165) is 5.56 Å². The van der Waals surface area contributed by atoms with Crippen molar-refractivity contribution >= 4 is 22.6 Å². The predicted octanol–water partition coefficient (Wildman–Crippen LogP) is 4.67. The maximum Gasteiger partial charge on any atom is 0.389 e. The van der Waals surface area contributed by atoms with E-state index >= 15 is 0 Å². The van der Waals surface area contributed by atoms with Gasteiger partial charge in [0.1, 0.15) is 0 Å². The first kappa shape index (κ1) is 15.8. The van der Waals surface area contributed by atoms with Crippen molar-refractivity contribution in [3.8, 4) is 0 Å². The van der Waals surface area contributed by atoms with Crippen LogP contribution < -0.4 is 5.32 Å². The lowest BCUT2D eigenvalue weighted by Crippen LogP contribution is -2.20. The van der Waals surface area contributed by atoms with Gasteiger partial charge in [0.25, 0.3) is 0 Å². The zero-order valence-corrected chi connectivity index (χ0v) is 12.4. The third kappa shape index (κ3) is 6.58. The smallest absolute Gasteiger partial charge is 0.310 e. The third-order valence-corrected chi connectivity index (χ3v) is 3.43. The lowest BCUT2D eigenvalue weighted by Gasteiger charge is -2.14. The minimum absolute atomic E-state index is 0.174. The van der Waals surface area contributed by atoms with Crippen molar-refractivity contribution in [1.82, 2.24) is 5.32 Å². The Balaban J connectivity index is 2.21. The Morgan fingerprint density at radius 2 is 1.78 bits per heavy atom. The van der Waals surface area contributed by atoms with Crippen molar-refractivity contribution in [1.29, 1.82) is 0 Å². The molecule has 0 fully saturated rings. The molecule has 1 nitrogen and oxygen atoms in total. The summed E-state index contributed by atoms with van der Waals surface area (Å²) >= 11 is 2.24. The Labute approximate surface area is 119 Å². The Bertz CT molecular complexity index is 348. The summed E-state index contributed by atoms with van der Waals surface area (Å²) in [4.78, 5) is 0. The number of benzene rings is 1. The van der Waals surface area contributed by atoms with Crippen molar-refractivity contribution < 1.29 is 13.2 Å². The second-order valence-electron chi connectivity index (χ2n) is 4.30. The summed E-state index contributed by atoms with van der Waals surface area (Å²) in [7, 11) is 0. The molecular weight excluding hydrogens is 354 g/mol. The number of halogens is 4. The van der Waals surface area contributed by atoms with E-state index in [2.05, 4.69) is 27.9 Å². The second-order valence-corrected chi connectivity index (χ2v) is 5.55. The SMILES string of the molecule is CC(NCCCCC(F)(F)F)c1ccc(I)cc1. The number of alkyl halides is 3. The van der Waals surface area contributed by atoms with Gasteiger partial charge in [-0.3, -0.25) is 0 Å². The highest BCUT2D eigenvalue weighted by molar-refractivity contribution is 14.1. The van der Waals surface area contributed by atoms with Crippen molar-refractivity contribution in [3.05, 3.63) is 33.4 Å². The molecule has 0 saturated heterocycles. The van der Waals surface area contributed by atoms with Gasteiger partial charge in [-0.1, -0.05) is 12.1 Å². The van der Waals surface area contributed by atoms with Crippen molar-refractivity contribution in [2.24, 2.45) is 0 Å². The topological polar surface area (TPSA) is 12.0 Å². The summed E-state index contributed by atoms with van der Waals surface area (Å²) in [5.41, 5.74) is 1.16. The zero-order chi connectivity index (χ0) is 13.6. The van der Waals surface area contributed by atoms with Crippen LogP contribution in [0.1, 0.15) is 37.8 Å². The minimum atomic E-state index is -4.03. The van der Waals surface area contributed by atoms with E-state index < -0.39 is 12.6 Å². The van der Waals surface area contributed by atoms with Crippen LogP contribution in [0.5, 0.6) is 0 Å². The summed E-state index contributed by atoms with van der Waals surface area (Å²) < 4.78 is 36.9. The number of nitrogens with one attached hydrogen (secondary N) is 1. The monoisotopic (exact) mass is 371 g/mol. The van der Waals surface area contributed by atoms with Gasteiger partial charge in [0.2, 0.25) is 0 Å². The largest absolute Gasteiger partial charge is 0.389 e. The average molecular weight is 371 g/mol. The van der Waals surface area contributed by atoms with Crippen LogP contribution in [-0.2, 0) is 0 Å². The Morgan fingerprint density at radius 3 is 2.33 bits per heavy atom. The van der Waals surface area contributed by atoms with Crippen molar-refractivity contribution in [3.63, 3.8) is 0 Å². The lowest BCUT2D eigenvalue weighted by molar-refractivity contribution is -0.135. The fourth-order valence-electron chi connectivity index (χ4n) is 1.64. The highest BCUT2D eigenvalue weighted by Gasteiger charge is 2.25. The predicted molar refractivity (Wildman–Crippen MR) is 75.5 cm³/mol. The van der Waals surface area contributed by atoms with E-state index in [4.69, 9.17) is 0 Å². The number of rotatable bonds is 6. The van der Waals surface area contributed by atoms with Crippen LogP contribution in [-0.4, -0.2) is 12.7 Å². The summed E-state index contributed by atoms with van der Waals surface area (Å²) in [6.07, 6.45) is -3.97. The van der Waals surface area contributed by atoms with E-state index in [1.54, 1.807) is 0 Å². The molecule has 0 aliphatic rings. The van der Waals surface area contributed by atoms with E-state index in [1.807, 2.05) is 31.2 Å². The van der Waals surface area contributed by atoms with E-state index in [0.29, 0.717) is 13.0 Å². The van der Waals surface area contributed by atoms with Gasteiger partial charge in [-0.2, -0.15) is 13.2 Å². The number of hydrogen-bond acceptors (Lipinski definition) is 1. The van der Waals surface area contributed by atoms with Gasteiger partial charge in [-0.15, -0.1) is 0 Å². The van der Waals surface area contributed by atoms with Crippen molar-refractivity contribution in [2.75, 3.05) is 6.54 Å². The molecule has 1 aromatic rings. The van der Waals surface area contributed by atoms with Gasteiger partial charge < -0.3 is 5.32 Å². The minimum Gasteiger partial charge on any atom is -0.310 e. The molecule has 0 heterocycles. The standard InChI is InChI=1S/C13H17F3IN/c1-10(11-4-6-12(17)7-5-11)18-9-3-2-8-13(14,15)16/h4-7,10,18H,2-3,8-9H2,1H3. The molecule has 1 rings (SSSR count). The molecule has 0 spiro atoms. The summed E-state index contributed by atoms with van der Waals surface area (Å²) in [5.74, 6) is 0. The molecule has 0 bridgehead atoms. The summed E-state index contributed by atoms with van der Waals surface area (Å²) in [6, 6.07) is 8.30. The van der Waals surface area contributed by atoms with Gasteiger partial charge in [-0.25, -0.2) is 0 Å². The van der Waals surface area contributed by atoms with Gasteiger partial charge in [0, 0.05) is 16.0 Å². The molecule has 0 aliphatic carbocycles. The molecule has 1 aromatic carbocycles. The molecule has 0 aromatic heterocycles. The Kier molecular flexibility index (Phi) is 6.42. The van der Waals surface area contributed by atoms with Gasteiger partial charge in [0.05, 0.1) is 0 Å². The molecule has 18 heavy (non-hydrogen) atoms. The number of unbranched alkanes of at least 4 members (excludes halogenated alkanes) is 1. The first-order valence-corrected chi connectivity index (χ1v) is 7.02. The van der Waals surface area contributed by atoms with Crippen LogP contribution in [0.15, 0.2) is 24.3 Å². The van der Waals surface area contributed by atoms with E-state index in [-0.39, 0.29) is 12.5 Å². The van der Waals surface area contributed by atoms with Crippen LogP contribution in [0.2, 0.25) is 0 Å². The van der Waals surface area contributed by atoms with Gasteiger partial charge in [0.15, 0.2) is 0 Å². The molecule has 1 unspecified atom stereocenters. The first-order valence-electron chi connectivity index (χ1n) is 5.94. The molecule has 1 atom stereocenters. The average Bonchev–Trinajstić information content (AvgIpc) is 2.27. The fraction of sp³-hybridized carbons (Fsp3) is 0.538. The molecular formula is C13H17F3IN. The quantitative estimate of drug-likeness (QED) is 0.566. The van der Waals surface area contributed by atoms with Crippen molar-refractivity contribution in [2.45, 2.75) is 38.4 Å². The van der Waals surface area contributed by atoms with Gasteiger partial charge >= 0.3 is 6.18 Å². The molecule has 102 valence electrons. The first-order chi connectivity index (χ1) is 8.38. The van der Waals surface area contributed by atoms with E-state index in [9.17, 15) is 13.2 Å². The van der Waals surface area contributed by atoms with E-state index in [1.165, 1.54) is 3.57 Å². The third-order valence-electron chi connectivity index (χ3n) is 2.71. The normalized spacial score (nSPS) is 13.6. The number of hydrogen-bond donors (Lipinski definition) is 1. The van der Waals surface area contributed by atoms with Crippen LogP contribution in [0.3, 0.4) is 0 Å². The molecule has 5 heteroatoms. The molecule has 0 saturated carbocycles. The second kappa shape index (κ2) is 7.33. The van der Waals surface area contributed by atoms with Crippen LogP contribution in [0.25, 0.3) is 0 Å². The van der Waals surface area contributed by atoms with Crippen LogP contribution in [0.4, 0.5) is 13.2 Å². The maximum absolute atomic E-state index is 11.9. The molecule has 1 N–H and O–H groups in total. The fourth-order valence-corrected chi connectivity index (χ4v) is 2.00. The van der Waals surface area contributed by atoms with Crippen LogP contribution in [0, 0.1) is 3.57 Å². The summed E-state index contributed by atoms with van der Waals surface area (Å²) in [5, 5.41) is 3.23. The molecule has 0 amide bonds. The molecule has 0 aliphatic heterocycles. The lowest BCUT2D eigenvalue weighted by atomic mass is 10.1. The Morgan fingerprint density at radius 1 is 1.17 bits per heavy atom. The highest BCUT2D eigenvalue weighted by Crippen LogP contribution is 2.22. The van der Waals surface area contributed by atoms with Crippen LogP contribution >= 0.6 is 22.6 Å². The summed E-state index contributed by atoms with van der Waals surface area (Å²) in [6.45, 7) is 2.63. The Hall–Kier alpha value is -0.300. The highest BCUT2D eigenvalue weighted by atomic mass is 127. The zero-order valence-electron chi connectivity index (χ0n) is 10.2. The maximum atomic E-state index is 11.9. The molecule has 0 radical (unpaired) electrons. The van der Waals surface area contributed by atoms with Gasteiger partial charge in [-0.05, 0) is 66.6 Å².